The monoisotopic (exact) mass is 325 g/mol. The first kappa shape index (κ1) is 15.9. The fourth-order valence-electron chi connectivity index (χ4n) is 1.91. The summed E-state index contributed by atoms with van der Waals surface area (Å²) in [6, 6.07) is 3.86. The van der Waals surface area contributed by atoms with Crippen molar-refractivity contribution in [1.29, 1.82) is 0 Å². The predicted octanol–water partition coefficient (Wildman–Crippen LogP) is 4.20. The highest BCUT2D eigenvalue weighted by molar-refractivity contribution is 6.33. The lowest BCUT2D eigenvalue weighted by molar-refractivity contribution is 0.332. The highest BCUT2D eigenvalue weighted by Crippen LogP contribution is 2.26. The molecule has 0 atom stereocenters. The van der Waals surface area contributed by atoms with Gasteiger partial charge in [-0.05, 0) is 44.0 Å². The molecule has 1 aromatic heterocycles. The van der Waals surface area contributed by atoms with Crippen molar-refractivity contribution in [1.82, 2.24) is 9.97 Å². The molecule has 2 rings (SSSR count). The molecule has 0 saturated heterocycles. The van der Waals surface area contributed by atoms with Crippen LogP contribution in [0, 0.1) is 20.8 Å². The second kappa shape index (κ2) is 6.96. The van der Waals surface area contributed by atoms with Crippen LogP contribution < -0.4 is 10.1 Å². The smallest absolute Gasteiger partial charge is 0.148 e. The Morgan fingerprint density at radius 3 is 2.38 bits per heavy atom. The van der Waals surface area contributed by atoms with Gasteiger partial charge in [0.1, 0.15) is 29.5 Å². The highest BCUT2D eigenvalue weighted by Gasteiger charge is 2.06. The number of benzene rings is 1. The number of rotatable bonds is 5. The van der Waals surface area contributed by atoms with E-state index in [4.69, 9.17) is 27.9 Å². The Labute approximate surface area is 134 Å². The lowest BCUT2D eigenvalue weighted by Crippen LogP contribution is -2.13. The van der Waals surface area contributed by atoms with E-state index < -0.39 is 0 Å². The Balaban J connectivity index is 1.89. The van der Waals surface area contributed by atoms with E-state index in [0.29, 0.717) is 24.0 Å². The summed E-state index contributed by atoms with van der Waals surface area (Å²) in [6.07, 6.45) is 1.48. The standard InChI is InChI=1S/C15H17Cl2N3O/c1-9-6-12(7-10(2)13(9)16)21-5-4-18-15-14(17)11(3)19-8-20-15/h6-8H,4-5H2,1-3H3,(H,18,19,20). The van der Waals surface area contributed by atoms with Gasteiger partial charge in [0, 0.05) is 5.02 Å². The Bertz CT molecular complexity index is 624. The van der Waals surface area contributed by atoms with E-state index in [9.17, 15) is 0 Å². The van der Waals surface area contributed by atoms with Crippen LogP contribution in [0.5, 0.6) is 5.75 Å². The fraction of sp³-hybridized carbons (Fsp3) is 0.333. The number of halogens is 2. The van der Waals surface area contributed by atoms with Crippen LogP contribution in [0.3, 0.4) is 0 Å². The average molecular weight is 326 g/mol. The molecule has 0 unspecified atom stereocenters. The van der Waals surface area contributed by atoms with Crippen molar-refractivity contribution in [2.75, 3.05) is 18.5 Å². The third-order valence-electron chi connectivity index (χ3n) is 3.04. The molecule has 1 N–H and O–H groups in total. The van der Waals surface area contributed by atoms with E-state index >= 15 is 0 Å². The van der Waals surface area contributed by atoms with Crippen molar-refractivity contribution in [3.05, 3.63) is 45.3 Å². The fourth-order valence-corrected chi connectivity index (χ4v) is 2.18. The molecule has 0 aliphatic heterocycles. The molecule has 0 saturated carbocycles. The van der Waals surface area contributed by atoms with Crippen LogP contribution in [0.4, 0.5) is 5.82 Å². The summed E-state index contributed by atoms with van der Waals surface area (Å²) in [7, 11) is 0. The SMILES string of the molecule is Cc1cc(OCCNc2ncnc(C)c2Cl)cc(C)c1Cl. The third kappa shape index (κ3) is 3.99. The molecular weight excluding hydrogens is 309 g/mol. The number of ether oxygens (including phenoxy) is 1. The van der Waals surface area contributed by atoms with Gasteiger partial charge in [-0.1, -0.05) is 23.2 Å². The molecular formula is C15H17Cl2N3O. The van der Waals surface area contributed by atoms with Crippen LogP contribution in [-0.4, -0.2) is 23.1 Å². The van der Waals surface area contributed by atoms with Crippen LogP contribution in [0.25, 0.3) is 0 Å². The van der Waals surface area contributed by atoms with Crippen LogP contribution >= 0.6 is 23.2 Å². The molecule has 0 amide bonds. The van der Waals surface area contributed by atoms with Crippen LogP contribution in [0.15, 0.2) is 18.5 Å². The molecule has 2 aromatic rings. The van der Waals surface area contributed by atoms with Crippen molar-refractivity contribution < 1.29 is 4.74 Å². The molecule has 1 heterocycles. The first-order valence-corrected chi connectivity index (χ1v) is 7.35. The zero-order valence-corrected chi connectivity index (χ0v) is 13.7. The summed E-state index contributed by atoms with van der Waals surface area (Å²) in [5, 5.41) is 4.45. The number of hydrogen-bond donors (Lipinski definition) is 1. The number of aryl methyl sites for hydroxylation is 3. The Hall–Kier alpha value is -1.52. The second-order valence-electron chi connectivity index (χ2n) is 4.77. The predicted molar refractivity (Wildman–Crippen MR) is 86.7 cm³/mol. The zero-order chi connectivity index (χ0) is 15.4. The quantitative estimate of drug-likeness (QED) is 0.837. The van der Waals surface area contributed by atoms with Gasteiger partial charge < -0.3 is 10.1 Å². The van der Waals surface area contributed by atoms with Crippen LogP contribution in [0.1, 0.15) is 16.8 Å². The molecule has 0 fully saturated rings. The number of anilines is 1. The lowest BCUT2D eigenvalue weighted by atomic mass is 10.1. The van der Waals surface area contributed by atoms with Gasteiger partial charge in [0.25, 0.3) is 0 Å². The van der Waals surface area contributed by atoms with Crippen molar-refractivity contribution in [3.63, 3.8) is 0 Å². The van der Waals surface area contributed by atoms with Gasteiger partial charge in [0.2, 0.25) is 0 Å². The molecule has 1 aromatic carbocycles. The Kier molecular flexibility index (Phi) is 5.26. The normalized spacial score (nSPS) is 10.5. The molecule has 0 spiro atoms. The maximum Gasteiger partial charge on any atom is 0.148 e. The number of nitrogens with zero attached hydrogens (tertiary/aromatic N) is 2. The third-order valence-corrected chi connectivity index (χ3v) is 4.09. The van der Waals surface area contributed by atoms with Gasteiger partial charge in [0.05, 0.1) is 12.2 Å². The van der Waals surface area contributed by atoms with E-state index in [1.54, 1.807) is 0 Å². The van der Waals surface area contributed by atoms with Crippen LogP contribution in [0.2, 0.25) is 10.0 Å². The summed E-state index contributed by atoms with van der Waals surface area (Å²) in [5.74, 6) is 1.43. The van der Waals surface area contributed by atoms with Crippen molar-refractivity contribution in [3.8, 4) is 5.75 Å². The first-order valence-electron chi connectivity index (χ1n) is 6.59. The molecule has 21 heavy (non-hydrogen) atoms. The minimum absolute atomic E-state index is 0.500. The van der Waals surface area contributed by atoms with E-state index in [1.807, 2.05) is 32.9 Å². The van der Waals surface area contributed by atoms with Gasteiger partial charge >= 0.3 is 0 Å². The summed E-state index contributed by atoms with van der Waals surface area (Å²) >= 11 is 12.2. The molecule has 112 valence electrons. The molecule has 4 nitrogen and oxygen atoms in total. The van der Waals surface area contributed by atoms with Crippen LogP contribution in [-0.2, 0) is 0 Å². The largest absolute Gasteiger partial charge is 0.492 e. The topological polar surface area (TPSA) is 47.0 Å². The van der Waals surface area contributed by atoms with Gasteiger partial charge in [-0.2, -0.15) is 0 Å². The van der Waals surface area contributed by atoms with E-state index in [0.717, 1.165) is 27.6 Å². The number of hydrogen-bond acceptors (Lipinski definition) is 4. The maximum absolute atomic E-state index is 6.13. The van der Waals surface area contributed by atoms with Gasteiger partial charge in [-0.15, -0.1) is 0 Å². The van der Waals surface area contributed by atoms with Gasteiger partial charge in [-0.25, -0.2) is 9.97 Å². The summed E-state index contributed by atoms with van der Waals surface area (Å²) < 4.78 is 5.71. The van der Waals surface area contributed by atoms with Crippen molar-refractivity contribution >= 4 is 29.0 Å². The van der Waals surface area contributed by atoms with E-state index in [-0.39, 0.29) is 0 Å². The van der Waals surface area contributed by atoms with Gasteiger partial charge in [0.15, 0.2) is 0 Å². The minimum Gasteiger partial charge on any atom is -0.492 e. The summed E-state index contributed by atoms with van der Waals surface area (Å²) in [4.78, 5) is 8.11. The molecule has 0 aliphatic rings. The molecule has 0 radical (unpaired) electrons. The highest BCUT2D eigenvalue weighted by atomic mass is 35.5. The molecule has 0 aliphatic carbocycles. The molecule has 6 heteroatoms. The summed E-state index contributed by atoms with van der Waals surface area (Å²) in [5.41, 5.74) is 2.77. The Morgan fingerprint density at radius 1 is 1.05 bits per heavy atom. The van der Waals surface area contributed by atoms with E-state index in [1.165, 1.54) is 6.33 Å². The second-order valence-corrected chi connectivity index (χ2v) is 5.52. The summed E-state index contributed by atoms with van der Waals surface area (Å²) in [6.45, 7) is 6.86. The lowest BCUT2D eigenvalue weighted by Gasteiger charge is -2.11. The van der Waals surface area contributed by atoms with Crippen molar-refractivity contribution in [2.24, 2.45) is 0 Å². The van der Waals surface area contributed by atoms with Gasteiger partial charge in [-0.3, -0.25) is 0 Å². The average Bonchev–Trinajstić information content (AvgIpc) is 2.45. The van der Waals surface area contributed by atoms with Crippen molar-refractivity contribution in [2.45, 2.75) is 20.8 Å². The zero-order valence-electron chi connectivity index (χ0n) is 12.2. The first-order chi connectivity index (χ1) is 9.99. The minimum atomic E-state index is 0.500. The maximum atomic E-state index is 6.13. The number of aromatic nitrogens is 2. The van der Waals surface area contributed by atoms with E-state index in [2.05, 4.69) is 15.3 Å². The number of nitrogens with one attached hydrogen (secondary N) is 1. The Morgan fingerprint density at radius 2 is 1.71 bits per heavy atom. The molecule has 0 bridgehead atoms.